The van der Waals surface area contributed by atoms with Crippen molar-refractivity contribution in [2.45, 2.75) is 122 Å². The first kappa shape index (κ1) is 34.4. The molecular formula is C34H52N8O5. The largest absolute Gasteiger partial charge is 0.453 e. The van der Waals surface area contributed by atoms with E-state index in [9.17, 15) is 19.2 Å². The highest BCUT2D eigenvalue weighted by Gasteiger charge is 2.39. The van der Waals surface area contributed by atoms with E-state index >= 15 is 0 Å². The average Bonchev–Trinajstić information content (AvgIpc) is 3.87. The van der Waals surface area contributed by atoms with Crippen molar-refractivity contribution < 1.29 is 23.9 Å². The molecule has 5 rings (SSSR count). The lowest BCUT2D eigenvalue weighted by Gasteiger charge is -2.30. The highest BCUT2D eigenvalue weighted by atomic mass is 16.5. The predicted molar refractivity (Wildman–Crippen MR) is 175 cm³/mol. The van der Waals surface area contributed by atoms with Crippen LogP contribution in [0, 0.1) is 11.8 Å². The Balaban J connectivity index is 1.19. The minimum atomic E-state index is -0.659. The number of imidazole rings is 2. The van der Waals surface area contributed by atoms with Gasteiger partial charge in [-0.15, -0.1) is 0 Å². The maximum atomic E-state index is 13.5. The third-order valence-electron chi connectivity index (χ3n) is 10.2. The first-order valence-corrected chi connectivity index (χ1v) is 17.3. The standard InChI is InChI=1S/C34H52N8O5/c1-19(2)28(37-21(5)43)32(44)41-15-7-9-26(41)30-35-17-24(38-30)22-11-13-23(14-12-22)25-18-36-31(39-25)27-10-8-16-42(27)33(45)29(20(3)4)40-34(46)47-6/h17-20,22-23,26-29H,7-16H2,1-6H3,(H,35,38)(H,36,39)(H,37,43)(H,40,46)/t22?,23?,26-,27-,28-,29-/m1/s1. The van der Waals surface area contributed by atoms with Gasteiger partial charge in [0.1, 0.15) is 23.7 Å². The van der Waals surface area contributed by atoms with Crippen LogP contribution in [0.5, 0.6) is 0 Å². The number of hydrogen-bond donors (Lipinski definition) is 4. The van der Waals surface area contributed by atoms with E-state index < -0.39 is 18.2 Å². The fourth-order valence-electron chi connectivity index (χ4n) is 7.59. The molecule has 2 aliphatic heterocycles. The van der Waals surface area contributed by atoms with Crippen molar-refractivity contribution in [3.8, 4) is 0 Å². The minimum absolute atomic E-state index is 0.00638. The van der Waals surface area contributed by atoms with E-state index in [0.29, 0.717) is 24.9 Å². The van der Waals surface area contributed by atoms with Crippen molar-refractivity contribution in [2.75, 3.05) is 20.2 Å². The Bertz CT molecular complexity index is 1410. The maximum Gasteiger partial charge on any atom is 0.407 e. The van der Waals surface area contributed by atoms with Crippen LogP contribution in [0.2, 0.25) is 0 Å². The summed E-state index contributed by atoms with van der Waals surface area (Å²) in [6.45, 7) is 10.5. The molecule has 0 spiro atoms. The summed E-state index contributed by atoms with van der Waals surface area (Å²) in [5, 5.41) is 5.55. The SMILES string of the molecule is COC(=O)N[C@@H](C(=O)N1CCC[C@@H]1c1ncc(C2CCC(c3cnc([C@H]4CCCN4C(=O)[C@H](NC(C)=O)C(C)C)[nH]3)CC2)[nH]1)C(C)C. The molecule has 4 N–H and O–H groups in total. The van der Waals surface area contributed by atoms with Crippen LogP contribution in [0.25, 0.3) is 0 Å². The fourth-order valence-corrected chi connectivity index (χ4v) is 7.59. The summed E-state index contributed by atoms with van der Waals surface area (Å²) < 4.78 is 4.75. The number of ether oxygens (including phenoxy) is 1. The molecule has 2 aromatic rings. The van der Waals surface area contributed by atoms with Crippen molar-refractivity contribution >= 4 is 23.8 Å². The van der Waals surface area contributed by atoms with Gasteiger partial charge >= 0.3 is 6.09 Å². The molecule has 4 amide bonds. The van der Waals surface area contributed by atoms with Crippen LogP contribution < -0.4 is 10.6 Å². The van der Waals surface area contributed by atoms with Crippen molar-refractivity contribution in [1.82, 2.24) is 40.4 Å². The first-order chi connectivity index (χ1) is 22.5. The highest BCUT2D eigenvalue weighted by Crippen LogP contribution is 2.41. The van der Waals surface area contributed by atoms with Crippen molar-refractivity contribution in [2.24, 2.45) is 11.8 Å². The van der Waals surface area contributed by atoms with E-state index in [2.05, 4.69) is 20.6 Å². The molecule has 0 unspecified atom stereocenters. The molecule has 0 bridgehead atoms. The molecule has 4 heterocycles. The number of carbonyl (C=O) groups excluding carboxylic acids is 4. The van der Waals surface area contributed by atoms with Gasteiger partial charge < -0.3 is 35.1 Å². The molecule has 258 valence electrons. The zero-order valence-corrected chi connectivity index (χ0v) is 28.7. The van der Waals surface area contributed by atoms with Gasteiger partial charge in [0, 0.05) is 55.6 Å². The van der Waals surface area contributed by atoms with E-state index in [-0.39, 0.29) is 41.6 Å². The van der Waals surface area contributed by atoms with Gasteiger partial charge in [0.05, 0.1) is 19.2 Å². The van der Waals surface area contributed by atoms with Gasteiger partial charge in [-0.3, -0.25) is 14.4 Å². The number of aromatic nitrogens is 4. The Labute approximate surface area is 277 Å². The Morgan fingerprint density at radius 2 is 1.17 bits per heavy atom. The van der Waals surface area contributed by atoms with Gasteiger partial charge in [-0.05, 0) is 63.2 Å². The molecule has 0 radical (unpaired) electrons. The van der Waals surface area contributed by atoms with Crippen LogP contribution in [-0.2, 0) is 19.1 Å². The van der Waals surface area contributed by atoms with Gasteiger partial charge in [-0.25, -0.2) is 14.8 Å². The van der Waals surface area contributed by atoms with Crippen LogP contribution in [0.4, 0.5) is 4.79 Å². The number of aromatic amines is 2. The molecule has 0 aromatic carbocycles. The summed E-state index contributed by atoms with van der Waals surface area (Å²) in [4.78, 5) is 71.0. The zero-order chi connectivity index (χ0) is 33.8. The third kappa shape index (κ3) is 7.65. The van der Waals surface area contributed by atoms with Crippen molar-refractivity contribution in [3.05, 3.63) is 35.4 Å². The van der Waals surface area contributed by atoms with E-state index in [1.165, 1.54) is 14.0 Å². The second-order valence-corrected chi connectivity index (χ2v) is 14.2. The Morgan fingerprint density at radius 3 is 1.55 bits per heavy atom. The quantitative estimate of drug-likeness (QED) is 0.295. The van der Waals surface area contributed by atoms with Gasteiger partial charge in [0.2, 0.25) is 17.7 Å². The number of amides is 4. The Morgan fingerprint density at radius 1 is 0.745 bits per heavy atom. The lowest BCUT2D eigenvalue weighted by atomic mass is 9.79. The number of likely N-dealkylation sites (tertiary alicyclic amines) is 2. The number of carbonyl (C=O) groups is 4. The van der Waals surface area contributed by atoms with Crippen LogP contribution in [0.15, 0.2) is 12.4 Å². The average molecular weight is 653 g/mol. The molecule has 2 saturated heterocycles. The van der Waals surface area contributed by atoms with Gasteiger partial charge in [-0.2, -0.15) is 0 Å². The van der Waals surface area contributed by atoms with Gasteiger partial charge in [0.25, 0.3) is 0 Å². The number of rotatable bonds is 10. The second kappa shape index (κ2) is 14.9. The summed E-state index contributed by atoms with van der Waals surface area (Å²) in [6.07, 6.45) is 10.8. The smallest absolute Gasteiger partial charge is 0.407 e. The number of nitrogens with zero attached hydrogens (tertiary/aromatic N) is 4. The van der Waals surface area contributed by atoms with Crippen LogP contribution >= 0.6 is 0 Å². The number of alkyl carbamates (subject to hydrolysis) is 1. The predicted octanol–water partition coefficient (Wildman–Crippen LogP) is 4.44. The number of nitrogens with one attached hydrogen (secondary N) is 4. The molecule has 47 heavy (non-hydrogen) atoms. The number of methoxy groups -OCH3 is 1. The van der Waals surface area contributed by atoms with Gasteiger partial charge in [-0.1, -0.05) is 27.7 Å². The number of H-pyrrole nitrogens is 2. The monoisotopic (exact) mass is 652 g/mol. The topological polar surface area (TPSA) is 165 Å². The molecule has 3 fully saturated rings. The van der Waals surface area contributed by atoms with E-state index in [1.54, 1.807) is 0 Å². The summed E-state index contributed by atoms with van der Waals surface area (Å²) in [7, 11) is 1.30. The summed E-state index contributed by atoms with van der Waals surface area (Å²) in [6, 6.07) is -1.46. The minimum Gasteiger partial charge on any atom is -0.453 e. The van der Waals surface area contributed by atoms with E-state index in [0.717, 1.165) is 74.4 Å². The van der Waals surface area contributed by atoms with Crippen molar-refractivity contribution in [3.63, 3.8) is 0 Å². The maximum absolute atomic E-state index is 13.5. The van der Waals surface area contributed by atoms with Crippen LogP contribution in [0.1, 0.15) is 133 Å². The third-order valence-corrected chi connectivity index (χ3v) is 10.2. The molecule has 1 aliphatic carbocycles. The highest BCUT2D eigenvalue weighted by molar-refractivity contribution is 5.88. The number of hydrogen-bond acceptors (Lipinski definition) is 7. The second-order valence-electron chi connectivity index (χ2n) is 14.2. The lowest BCUT2D eigenvalue weighted by molar-refractivity contribution is -0.138. The molecular weight excluding hydrogens is 600 g/mol. The van der Waals surface area contributed by atoms with Crippen molar-refractivity contribution in [1.29, 1.82) is 0 Å². The van der Waals surface area contributed by atoms with E-state index in [1.807, 2.05) is 49.9 Å². The molecule has 2 aromatic heterocycles. The summed E-state index contributed by atoms with van der Waals surface area (Å²) in [5.41, 5.74) is 2.22. The molecule has 4 atom stereocenters. The summed E-state index contributed by atoms with van der Waals surface area (Å²) in [5.74, 6) is 1.91. The summed E-state index contributed by atoms with van der Waals surface area (Å²) >= 11 is 0. The Kier molecular flexibility index (Phi) is 10.9. The molecule has 3 aliphatic rings. The van der Waals surface area contributed by atoms with Gasteiger partial charge in [0.15, 0.2) is 0 Å². The lowest BCUT2D eigenvalue weighted by Crippen LogP contribution is -2.51. The molecule has 1 saturated carbocycles. The van der Waals surface area contributed by atoms with Crippen LogP contribution in [0.3, 0.4) is 0 Å². The molecule has 13 nitrogen and oxygen atoms in total. The Hall–Kier alpha value is -3.90. The fraction of sp³-hybridized carbons (Fsp3) is 0.706. The zero-order valence-electron chi connectivity index (χ0n) is 28.7. The first-order valence-electron chi connectivity index (χ1n) is 17.3. The normalized spacial score (nSPS) is 24.4. The van der Waals surface area contributed by atoms with E-state index in [4.69, 9.17) is 14.7 Å². The van der Waals surface area contributed by atoms with Crippen LogP contribution in [-0.4, -0.2) is 85.8 Å². The molecule has 13 heteroatoms.